The third kappa shape index (κ3) is 3.15. The van der Waals surface area contributed by atoms with Crippen LogP contribution >= 0.6 is 0 Å². The topological polar surface area (TPSA) is 56.3 Å². The van der Waals surface area contributed by atoms with Crippen molar-refractivity contribution in [3.63, 3.8) is 0 Å². The van der Waals surface area contributed by atoms with E-state index in [4.69, 9.17) is 9.47 Å². The molecule has 1 aromatic rings. The average Bonchev–Trinajstić information content (AvgIpc) is 2.31. The Labute approximate surface area is 95.2 Å². The molecule has 1 aliphatic heterocycles. The van der Waals surface area contributed by atoms with Gasteiger partial charge < -0.3 is 14.8 Å². The quantitative estimate of drug-likeness (QED) is 0.816. The number of nitrogens with zero attached hydrogens (tertiary/aromatic N) is 2. The fourth-order valence-corrected chi connectivity index (χ4v) is 1.67. The zero-order chi connectivity index (χ0) is 11.2. The molecular weight excluding hydrogens is 206 g/mol. The molecule has 0 bridgehead atoms. The number of nitrogens with one attached hydrogen (secondary N) is 1. The highest BCUT2D eigenvalue weighted by molar-refractivity contribution is 5.08. The molecule has 88 valence electrons. The largest absolute Gasteiger partial charge is 0.473 e. The standard InChI is InChI=1S/C11H17N3O2/c1-12-6-9-7-13-8-11(14-9)16-10-2-4-15-5-3-10/h7-8,10,12H,2-6H2,1H3. The highest BCUT2D eigenvalue weighted by Gasteiger charge is 2.15. The summed E-state index contributed by atoms with van der Waals surface area (Å²) in [7, 11) is 1.88. The highest BCUT2D eigenvalue weighted by atomic mass is 16.5. The first kappa shape index (κ1) is 11.3. The number of hydrogen-bond donors (Lipinski definition) is 1. The molecule has 2 heterocycles. The van der Waals surface area contributed by atoms with Gasteiger partial charge in [0.1, 0.15) is 6.10 Å². The molecule has 0 unspecified atom stereocenters. The lowest BCUT2D eigenvalue weighted by Crippen LogP contribution is -2.26. The van der Waals surface area contributed by atoms with Crippen LogP contribution in [0.5, 0.6) is 5.88 Å². The molecule has 0 radical (unpaired) electrons. The number of aromatic nitrogens is 2. The molecule has 1 N–H and O–H groups in total. The van der Waals surface area contributed by atoms with E-state index >= 15 is 0 Å². The van der Waals surface area contributed by atoms with E-state index in [0.29, 0.717) is 12.4 Å². The molecule has 0 spiro atoms. The van der Waals surface area contributed by atoms with Gasteiger partial charge in [-0.15, -0.1) is 0 Å². The molecule has 16 heavy (non-hydrogen) atoms. The van der Waals surface area contributed by atoms with Gasteiger partial charge in [0.25, 0.3) is 0 Å². The Balaban J connectivity index is 1.94. The molecule has 0 saturated carbocycles. The van der Waals surface area contributed by atoms with Gasteiger partial charge in [-0.25, -0.2) is 4.98 Å². The molecule has 0 atom stereocenters. The minimum atomic E-state index is 0.216. The lowest BCUT2D eigenvalue weighted by molar-refractivity contribution is 0.0235. The smallest absolute Gasteiger partial charge is 0.232 e. The molecule has 0 amide bonds. The molecule has 1 fully saturated rings. The van der Waals surface area contributed by atoms with Gasteiger partial charge in [0.05, 0.1) is 25.1 Å². The van der Waals surface area contributed by atoms with Crippen molar-refractivity contribution in [3.05, 3.63) is 18.1 Å². The lowest BCUT2D eigenvalue weighted by atomic mass is 10.2. The lowest BCUT2D eigenvalue weighted by Gasteiger charge is -2.22. The van der Waals surface area contributed by atoms with Crippen LogP contribution in [0.2, 0.25) is 0 Å². The van der Waals surface area contributed by atoms with Gasteiger partial charge in [-0.3, -0.25) is 4.98 Å². The zero-order valence-electron chi connectivity index (χ0n) is 9.48. The maximum atomic E-state index is 5.76. The van der Waals surface area contributed by atoms with Crippen molar-refractivity contribution < 1.29 is 9.47 Å². The van der Waals surface area contributed by atoms with Crippen LogP contribution in [-0.4, -0.2) is 36.3 Å². The fraction of sp³-hybridized carbons (Fsp3) is 0.636. The Kier molecular flexibility index (Phi) is 4.07. The molecular formula is C11H17N3O2. The van der Waals surface area contributed by atoms with Crippen LogP contribution in [-0.2, 0) is 11.3 Å². The summed E-state index contributed by atoms with van der Waals surface area (Å²) in [5, 5.41) is 3.04. The van der Waals surface area contributed by atoms with Gasteiger partial charge in [-0.05, 0) is 7.05 Å². The summed E-state index contributed by atoms with van der Waals surface area (Å²) in [5.41, 5.74) is 0.895. The molecule has 5 heteroatoms. The SMILES string of the molecule is CNCc1cncc(OC2CCOCC2)n1. The summed E-state index contributed by atoms with van der Waals surface area (Å²) in [4.78, 5) is 8.48. The Hall–Kier alpha value is -1.20. The minimum absolute atomic E-state index is 0.216. The first-order valence-corrected chi connectivity index (χ1v) is 5.58. The monoisotopic (exact) mass is 223 g/mol. The average molecular weight is 223 g/mol. The van der Waals surface area contributed by atoms with E-state index in [-0.39, 0.29) is 6.10 Å². The highest BCUT2D eigenvalue weighted by Crippen LogP contribution is 2.14. The number of ether oxygens (including phenoxy) is 2. The third-order valence-electron chi connectivity index (χ3n) is 2.48. The summed E-state index contributed by atoms with van der Waals surface area (Å²) in [6, 6.07) is 0. The van der Waals surface area contributed by atoms with Gasteiger partial charge in [-0.2, -0.15) is 0 Å². The van der Waals surface area contributed by atoms with E-state index in [2.05, 4.69) is 15.3 Å². The van der Waals surface area contributed by atoms with Crippen molar-refractivity contribution >= 4 is 0 Å². The van der Waals surface area contributed by atoms with Crippen LogP contribution in [0.3, 0.4) is 0 Å². The minimum Gasteiger partial charge on any atom is -0.473 e. The predicted molar refractivity (Wildman–Crippen MR) is 59.3 cm³/mol. The van der Waals surface area contributed by atoms with Gasteiger partial charge in [0, 0.05) is 25.6 Å². The maximum absolute atomic E-state index is 5.76. The van der Waals surface area contributed by atoms with Crippen molar-refractivity contribution in [1.82, 2.24) is 15.3 Å². The van der Waals surface area contributed by atoms with Crippen LogP contribution < -0.4 is 10.1 Å². The van der Waals surface area contributed by atoms with E-state index in [1.165, 1.54) is 0 Å². The van der Waals surface area contributed by atoms with Crippen LogP contribution in [0.4, 0.5) is 0 Å². The van der Waals surface area contributed by atoms with E-state index in [0.717, 1.165) is 31.7 Å². The van der Waals surface area contributed by atoms with E-state index in [1.54, 1.807) is 12.4 Å². The Morgan fingerprint density at radius 3 is 3.00 bits per heavy atom. The molecule has 2 rings (SSSR count). The first-order valence-electron chi connectivity index (χ1n) is 5.58. The second-order valence-corrected chi connectivity index (χ2v) is 3.81. The van der Waals surface area contributed by atoms with Crippen LogP contribution in [0, 0.1) is 0 Å². The summed E-state index contributed by atoms with van der Waals surface area (Å²) < 4.78 is 11.0. The van der Waals surface area contributed by atoms with Crippen LogP contribution in [0.15, 0.2) is 12.4 Å². The van der Waals surface area contributed by atoms with Crippen molar-refractivity contribution in [2.75, 3.05) is 20.3 Å². The molecule has 5 nitrogen and oxygen atoms in total. The first-order chi connectivity index (χ1) is 7.88. The van der Waals surface area contributed by atoms with Crippen LogP contribution in [0.25, 0.3) is 0 Å². The van der Waals surface area contributed by atoms with Crippen molar-refractivity contribution in [2.45, 2.75) is 25.5 Å². The predicted octanol–water partition coefficient (Wildman–Crippen LogP) is 0.754. The molecule has 0 aliphatic carbocycles. The Morgan fingerprint density at radius 2 is 2.25 bits per heavy atom. The zero-order valence-corrected chi connectivity index (χ0v) is 9.48. The molecule has 1 aliphatic rings. The van der Waals surface area contributed by atoms with Crippen molar-refractivity contribution in [2.24, 2.45) is 0 Å². The van der Waals surface area contributed by atoms with E-state index in [9.17, 15) is 0 Å². The summed E-state index contributed by atoms with van der Waals surface area (Å²) >= 11 is 0. The molecule has 1 aromatic heterocycles. The fourth-order valence-electron chi connectivity index (χ4n) is 1.67. The maximum Gasteiger partial charge on any atom is 0.232 e. The van der Waals surface area contributed by atoms with Crippen molar-refractivity contribution in [1.29, 1.82) is 0 Å². The third-order valence-corrected chi connectivity index (χ3v) is 2.48. The van der Waals surface area contributed by atoms with Gasteiger partial charge in [0.2, 0.25) is 5.88 Å². The summed E-state index contributed by atoms with van der Waals surface area (Å²) in [5.74, 6) is 0.611. The second-order valence-electron chi connectivity index (χ2n) is 3.81. The number of rotatable bonds is 4. The number of hydrogen-bond acceptors (Lipinski definition) is 5. The van der Waals surface area contributed by atoms with Crippen LogP contribution in [0.1, 0.15) is 18.5 Å². The Morgan fingerprint density at radius 1 is 1.44 bits per heavy atom. The van der Waals surface area contributed by atoms with Gasteiger partial charge in [-0.1, -0.05) is 0 Å². The van der Waals surface area contributed by atoms with E-state index < -0.39 is 0 Å². The summed E-state index contributed by atoms with van der Waals surface area (Å²) in [6.45, 7) is 2.25. The summed E-state index contributed by atoms with van der Waals surface area (Å²) in [6.07, 6.45) is 5.48. The normalized spacial score (nSPS) is 17.3. The molecule has 1 saturated heterocycles. The van der Waals surface area contributed by atoms with E-state index in [1.807, 2.05) is 7.05 Å². The Bertz CT molecular complexity index is 327. The van der Waals surface area contributed by atoms with Crippen molar-refractivity contribution in [3.8, 4) is 5.88 Å². The second kappa shape index (κ2) is 5.77. The van der Waals surface area contributed by atoms with Gasteiger partial charge in [0.15, 0.2) is 0 Å². The molecule has 0 aromatic carbocycles. The van der Waals surface area contributed by atoms with Gasteiger partial charge >= 0.3 is 0 Å².